The molecule has 2 bridgehead atoms. The van der Waals surface area contributed by atoms with Gasteiger partial charge in [-0.3, -0.25) is 9.59 Å². The fraction of sp³-hybridized carbons (Fsp3) is 0.840. The molecule has 0 aromatic heterocycles. The minimum absolute atomic E-state index is 0.0492. The monoisotopic (exact) mass is 418 g/mol. The van der Waals surface area contributed by atoms with Gasteiger partial charge in [0.25, 0.3) is 0 Å². The Labute approximate surface area is 179 Å². The minimum Gasteiger partial charge on any atom is -0.413 e. The SMILES string of the molecule is C=C[C@]1(C)C[C@@H](O[Si](C)(C)C(C)(C)C)[C@]2(C)[C@@H]3C(=O)CC[C@]3(CC[C@@H]2C)CC1=O. The normalized spacial score (nSPS) is 43.5. The van der Waals surface area contributed by atoms with Crippen LogP contribution in [0.25, 0.3) is 0 Å². The Kier molecular flexibility index (Phi) is 5.44. The van der Waals surface area contributed by atoms with Crippen LogP contribution >= 0.6 is 0 Å². The molecule has 0 saturated heterocycles. The fourth-order valence-electron chi connectivity index (χ4n) is 6.30. The first-order valence-corrected chi connectivity index (χ1v) is 14.4. The second kappa shape index (κ2) is 6.88. The van der Waals surface area contributed by atoms with Crippen molar-refractivity contribution in [1.29, 1.82) is 0 Å². The van der Waals surface area contributed by atoms with Crippen LogP contribution in [0.3, 0.4) is 0 Å². The summed E-state index contributed by atoms with van der Waals surface area (Å²) < 4.78 is 7.12. The van der Waals surface area contributed by atoms with Crippen molar-refractivity contribution in [2.24, 2.45) is 28.1 Å². The Morgan fingerprint density at radius 2 is 1.79 bits per heavy atom. The van der Waals surface area contributed by atoms with Crippen LogP contribution < -0.4 is 0 Å². The molecule has 6 atom stereocenters. The van der Waals surface area contributed by atoms with Crippen molar-refractivity contribution in [3.63, 3.8) is 0 Å². The first-order chi connectivity index (χ1) is 13.1. The van der Waals surface area contributed by atoms with Crippen molar-refractivity contribution in [2.45, 2.75) is 104 Å². The van der Waals surface area contributed by atoms with Crippen LogP contribution in [0, 0.1) is 28.1 Å². The highest BCUT2D eigenvalue weighted by Crippen LogP contribution is 2.66. The first kappa shape index (κ1) is 22.9. The molecule has 0 aliphatic heterocycles. The zero-order chi connectivity index (χ0) is 22.0. The van der Waals surface area contributed by atoms with E-state index in [2.05, 4.69) is 54.3 Å². The van der Waals surface area contributed by atoms with Gasteiger partial charge >= 0.3 is 0 Å². The van der Waals surface area contributed by atoms with Gasteiger partial charge in [0, 0.05) is 29.6 Å². The average Bonchev–Trinajstić information content (AvgIpc) is 2.93. The van der Waals surface area contributed by atoms with Crippen LogP contribution in [0.2, 0.25) is 18.1 Å². The third-order valence-electron chi connectivity index (χ3n) is 9.71. The summed E-state index contributed by atoms with van der Waals surface area (Å²) in [5.41, 5.74) is -0.990. The van der Waals surface area contributed by atoms with Crippen LogP contribution in [-0.4, -0.2) is 26.0 Å². The van der Waals surface area contributed by atoms with Crippen LogP contribution in [0.5, 0.6) is 0 Å². The van der Waals surface area contributed by atoms with Crippen molar-refractivity contribution in [3.8, 4) is 0 Å². The van der Waals surface area contributed by atoms with E-state index in [9.17, 15) is 9.59 Å². The Morgan fingerprint density at radius 1 is 1.17 bits per heavy atom. The van der Waals surface area contributed by atoms with Crippen molar-refractivity contribution in [3.05, 3.63) is 12.7 Å². The van der Waals surface area contributed by atoms with E-state index in [0.717, 1.165) is 19.3 Å². The van der Waals surface area contributed by atoms with Gasteiger partial charge in [-0.1, -0.05) is 40.7 Å². The third-order valence-corrected chi connectivity index (χ3v) is 14.2. The smallest absolute Gasteiger partial charge is 0.192 e. The summed E-state index contributed by atoms with van der Waals surface area (Å²) in [4.78, 5) is 26.8. The summed E-state index contributed by atoms with van der Waals surface area (Å²) in [6.45, 7) is 22.1. The zero-order valence-electron chi connectivity index (χ0n) is 20.0. The summed E-state index contributed by atoms with van der Waals surface area (Å²) in [6.07, 6.45) is 6.49. The number of rotatable bonds is 3. The molecule has 3 fully saturated rings. The molecule has 0 aromatic carbocycles. The Balaban J connectivity index is 2.19. The number of carbonyl (C=O) groups is 2. The number of allylic oxidation sites excluding steroid dienone is 1. The Morgan fingerprint density at radius 3 is 2.34 bits per heavy atom. The van der Waals surface area contributed by atoms with Crippen LogP contribution in [0.4, 0.5) is 0 Å². The van der Waals surface area contributed by atoms with Crippen molar-refractivity contribution in [2.75, 3.05) is 0 Å². The van der Waals surface area contributed by atoms with Crippen LogP contribution in [-0.2, 0) is 14.0 Å². The maximum Gasteiger partial charge on any atom is 0.192 e. The molecule has 0 heterocycles. The highest BCUT2D eigenvalue weighted by Gasteiger charge is 2.66. The van der Waals surface area contributed by atoms with Gasteiger partial charge in [0.1, 0.15) is 11.6 Å². The predicted octanol–water partition coefficient (Wildman–Crippen LogP) is 6.33. The molecular formula is C25H42O3Si. The first-order valence-electron chi connectivity index (χ1n) is 11.5. The zero-order valence-corrected chi connectivity index (χ0v) is 21.0. The van der Waals surface area contributed by atoms with E-state index in [1.807, 2.05) is 13.0 Å². The lowest BCUT2D eigenvalue weighted by Crippen LogP contribution is -2.61. The molecule has 164 valence electrons. The molecule has 0 N–H and O–H groups in total. The Hall–Kier alpha value is -0.743. The van der Waals surface area contributed by atoms with Gasteiger partial charge in [0.15, 0.2) is 8.32 Å². The lowest BCUT2D eigenvalue weighted by Gasteiger charge is -2.60. The van der Waals surface area contributed by atoms with Crippen LogP contribution in [0.15, 0.2) is 12.7 Å². The van der Waals surface area contributed by atoms with Crippen molar-refractivity contribution in [1.82, 2.24) is 0 Å². The molecule has 0 unspecified atom stereocenters. The molecule has 3 aliphatic carbocycles. The maximum absolute atomic E-state index is 13.5. The number of ketones is 2. The average molecular weight is 419 g/mol. The largest absolute Gasteiger partial charge is 0.413 e. The van der Waals surface area contributed by atoms with Gasteiger partial charge in [0.05, 0.1) is 6.10 Å². The van der Waals surface area contributed by atoms with Gasteiger partial charge < -0.3 is 4.43 Å². The third kappa shape index (κ3) is 3.33. The summed E-state index contributed by atoms with van der Waals surface area (Å²) in [5, 5.41) is 0.0784. The molecule has 29 heavy (non-hydrogen) atoms. The molecule has 3 saturated carbocycles. The molecule has 4 heteroatoms. The summed E-state index contributed by atoms with van der Waals surface area (Å²) in [6, 6.07) is 0. The predicted molar refractivity (Wildman–Crippen MR) is 121 cm³/mol. The van der Waals surface area contributed by atoms with E-state index in [1.165, 1.54) is 0 Å². The molecule has 0 radical (unpaired) electrons. The van der Waals surface area contributed by atoms with Gasteiger partial charge in [-0.05, 0) is 62.1 Å². The van der Waals surface area contributed by atoms with E-state index < -0.39 is 13.7 Å². The lowest BCUT2D eigenvalue weighted by molar-refractivity contribution is -0.163. The molecular weight excluding hydrogens is 376 g/mol. The second-order valence-electron chi connectivity index (χ2n) is 12.4. The molecule has 0 amide bonds. The molecule has 0 spiro atoms. The van der Waals surface area contributed by atoms with Crippen LogP contribution in [0.1, 0.15) is 80.1 Å². The van der Waals surface area contributed by atoms with Gasteiger partial charge in [-0.25, -0.2) is 0 Å². The van der Waals surface area contributed by atoms with Gasteiger partial charge in [-0.15, -0.1) is 6.58 Å². The Bertz CT molecular complexity index is 720. The molecule has 0 aromatic rings. The van der Waals surface area contributed by atoms with E-state index in [-0.39, 0.29) is 33.7 Å². The number of Topliss-reactive ketones (excluding diaryl/α,β-unsaturated/α-hetero) is 2. The van der Waals surface area contributed by atoms with E-state index in [4.69, 9.17) is 4.43 Å². The van der Waals surface area contributed by atoms with E-state index in [1.54, 1.807) is 0 Å². The highest BCUT2D eigenvalue weighted by molar-refractivity contribution is 6.74. The standard InChI is InChI=1S/C25H42O3Si/c1-10-23(6)16-20(28-29(8,9)22(3,4)5)24(7)17(2)11-13-25(15-19(23)27)14-12-18(26)21(24)25/h10,17,20-21H,1,11-16H2,2-9H3/t17-,20+,21-,23+,24+,25+/m0/s1. The van der Waals surface area contributed by atoms with Crippen molar-refractivity contribution < 1.29 is 14.0 Å². The summed E-state index contributed by atoms with van der Waals surface area (Å²) in [7, 11) is -2.09. The van der Waals surface area contributed by atoms with Crippen molar-refractivity contribution >= 4 is 19.9 Å². The van der Waals surface area contributed by atoms with E-state index in [0.29, 0.717) is 31.0 Å². The summed E-state index contributed by atoms with van der Waals surface area (Å²) >= 11 is 0. The number of carbonyl (C=O) groups excluding carboxylic acids is 2. The molecule has 3 aliphatic rings. The molecule has 3 nitrogen and oxygen atoms in total. The fourth-order valence-corrected chi connectivity index (χ4v) is 7.70. The second-order valence-corrected chi connectivity index (χ2v) is 17.1. The number of hydrogen-bond acceptors (Lipinski definition) is 3. The van der Waals surface area contributed by atoms with Gasteiger partial charge in [-0.2, -0.15) is 0 Å². The highest BCUT2D eigenvalue weighted by atomic mass is 28.4. The molecule has 3 rings (SSSR count). The quantitative estimate of drug-likeness (QED) is 0.397. The van der Waals surface area contributed by atoms with E-state index >= 15 is 0 Å². The maximum atomic E-state index is 13.5. The van der Waals surface area contributed by atoms with Gasteiger partial charge in [0.2, 0.25) is 0 Å². The number of hydrogen-bond donors (Lipinski definition) is 0. The lowest BCUT2D eigenvalue weighted by atomic mass is 9.46. The minimum atomic E-state index is -2.09. The topological polar surface area (TPSA) is 43.4 Å². The summed E-state index contributed by atoms with van der Waals surface area (Å²) in [5.74, 6) is 0.983.